The van der Waals surface area contributed by atoms with Gasteiger partial charge in [-0.2, -0.15) is 0 Å². The van der Waals surface area contributed by atoms with E-state index in [2.05, 4.69) is 92.7 Å². The van der Waals surface area contributed by atoms with Gasteiger partial charge in [0, 0.05) is 0 Å². The normalized spacial score (nSPS) is 10.8. The summed E-state index contributed by atoms with van der Waals surface area (Å²) in [5.74, 6) is 0. The fraction of sp³-hybridized carbons (Fsp3) is 0.100. The van der Waals surface area contributed by atoms with Gasteiger partial charge in [0.2, 0.25) is 0 Å². The van der Waals surface area contributed by atoms with E-state index in [9.17, 15) is 0 Å². The van der Waals surface area contributed by atoms with Crippen molar-refractivity contribution < 1.29 is 0 Å². The molecule has 0 aliphatic rings. The highest BCUT2D eigenvalue weighted by Crippen LogP contribution is 2.34. The van der Waals surface area contributed by atoms with Gasteiger partial charge in [0.15, 0.2) is 0 Å². The van der Waals surface area contributed by atoms with Crippen LogP contribution in [0, 0.1) is 13.8 Å². The first-order chi connectivity index (χ1) is 10.3. The minimum atomic E-state index is -0.483. The first-order valence-corrected chi connectivity index (χ1v) is 8.58. The molecule has 0 fully saturated rings. The van der Waals surface area contributed by atoms with E-state index in [-0.39, 0.29) is 0 Å². The zero-order valence-corrected chi connectivity index (χ0v) is 13.3. The Balaban J connectivity index is 2.20. The zero-order chi connectivity index (χ0) is 14.7. The maximum Gasteiger partial charge on any atom is -0.0119 e. The van der Waals surface area contributed by atoms with E-state index < -0.39 is 7.92 Å². The van der Waals surface area contributed by atoms with Crippen LogP contribution in [0.1, 0.15) is 11.1 Å². The molecule has 21 heavy (non-hydrogen) atoms. The number of aryl methyl sites for hydroxylation is 1. The minimum Gasteiger partial charge on any atom is -0.0622 e. The SMILES string of the molecule is Cc1cccc(P(c2ccccc2)c2ccccc2)c1C. The Morgan fingerprint density at radius 1 is 0.571 bits per heavy atom. The van der Waals surface area contributed by atoms with E-state index in [4.69, 9.17) is 0 Å². The average molecular weight is 290 g/mol. The predicted octanol–water partition coefficient (Wildman–Crippen LogP) is 4.06. The molecule has 0 amide bonds. The zero-order valence-electron chi connectivity index (χ0n) is 12.5. The van der Waals surface area contributed by atoms with Crippen LogP contribution in [-0.4, -0.2) is 0 Å². The molecule has 0 nitrogen and oxygen atoms in total. The highest BCUT2D eigenvalue weighted by molar-refractivity contribution is 7.79. The van der Waals surface area contributed by atoms with Gasteiger partial charge in [-0.25, -0.2) is 0 Å². The molecule has 0 spiro atoms. The highest BCUT2D eigenvalue weighted by atomic mass is 31.1. The second-order valence-electron chi connectivity index (χ2n) is 5.23. The summed E-state index contributed by atoms with van der Waals surface area (Å²) in [7, 11) is -0.483. The third-order valence-corrected chi connectivity index (χ3v) is 6.44. The first kappa shape index (κ1) is 14.0. The lowest BCUT2D eigenvalue weighted by molar-refractivity contribution is 1.37. The Hall–Kier alpha value is -1.91. The van der Waals surface area contributed by atoms with Gasteiger partial charge >= 0.3 is 0 Å². The summed E-state index contributed by atoms with van der Waals surface area (Å²) in [4.78, 5) is 0. The van der Waals surface area contributed by atoms with E-state index >= 15 is 0 Å². The van der Waals surface area contributed by atoms with Crippen LogP contribution in [0.2, 0.25) is 0 Å². The van der Waals surface area contributed by atoms with Crippen molar-refractivity contribution in [1.29, 1.82) is 0 Å². The molecule has 104 valence electrons. The Morgan fingerprint density at radius 2 is 1.10 bits per heavy atom. The van der Waals surface area contributed by atoms with Crippen molar-refractivity contribution in [3.63, 3.8) is 0 Å². The maximum atomic E-state index is 2.29. The van der Waals surface area contributed by atoms with Gasteiger partial charge in [0.1, 0.15) is 0 Å². The maximum absolute atomic E-state index is 2.29. The van der Waals surface area contributed by atoms with Gasteiger partial charge in [0.25, 0.3) is 0 Å². The van der Waals surface area contributed by atoms with Crippen LogP contribution in [-0.2, 0) is 0 Å². The monoisotopic (exact) mass is 290 g/mol. The van der Waals surface area contributed by atoms with Crippen LogP contribution in [0.3, 0.4) is 0 Å². The van der Waals surface area contributed by atoms with Crippen molar-refractivity contribution in [3.8, 4) is 0 Å². The van der Waals surface area contributed by atoms with E-state index in [1.54, 1.807) is 0 Å². The molecule has 0 radical (unpaired) electrons. The number of benzene rings is 3. The summed E-state index contributed by atoms with van der Waals surface area (Å²) in [6.45, 7) is 4.44. The summed E-state index contributed by atoms with van der Waals surface area (Å²) < 4.78 is 0. The molecule has 3 aromatic rings. The van der Waals surface area contributed by atoms with Crippen molar-refractivity contribution in [3.05, 3.63) is 90.0 Å². The molecule has 0 aliphatic heterocycles. The average Bonchev–Trinajstić information content (AvgIpc) is 2.54. The third kappa shape index (κ3) is 2.91. The molecule has 0 aliphatic carbocycles. The Bertz CT molecular complexity index is 678. The lowest BCUT2D eigenvalue weighted by Crippen LogP contribution is -2.22. The van der Waals surface area contributed by atoms with Gasteiger partial charge in [-0.3, -0.25) is 0 Å². The summed E-state index contributed by atoms with van der Waals surface area (Å²) in [6.07, 6.45) is 0. The largest absolute Gasteiger partial charge is 0.0622 e. The molecule has 0 saturated heterocycles. The topological polar surface area (TPSA) is 0 Å². The van der Waals surface area contributed by atoms with Crippen LogP contribution in [0.15, 0.2) is 78.9 Å². The third-order valence-electron chi connectivity index (χ3n) is 3.85. The van der Waals surface area contributed by atoms with Gasteiger partial charge in [-0.05, 0) is 48.8 Å². The lowest BCUT2D eigenvalue weighted by atomic mass is 10.1. The number of rotatable bonds is 3. The molecule has 0 aromatic heterocycles. The van der Waals surface area contributed by atoms with Gasteiger partial charge in [-0.1, -0.05) is 78.9 Å². The number of hydrogen-bond donors (Lipinski definition) is 0. The minimum absolute atomic E-state index is 0.483. The van der Waals surface area contributed by atoms with Crippen molar-refractivity contribution in [2.24, 2.45) is 0 Å². The Morgan fingerprint density at radius 3 is 1.62 bits per heavy atom. The molecule has 1 heteroatoms. The molecule has 0 heterocycles. The van der Waals surface area contributed by atoms with Crippen LogP contribution >= 0.6 is 7.92 Å². The summed E-state index contributed by atoms with van der Waals surface area (Å²) in [6, 6.07) is 28.4. The second-order valence-corrected chi connectivity index (χ2v) is 7.41. The molecular weight excluding hydrogens is 271 g/mol. The fourth-order valence-electron chi connectivity index (χ4n) is 2.56. The molecular formula is C20H19P. The van der Waals surface area contributed by atoms with Gasteiger partial charge in [0.05, 0.1) is 0 Å². The lowest BCUT2D eigenvalue weighted by Gasteiger charge is -2.22. The predicted molar refractivity (Wildman–Crippen MR) is 94.6 cm³/mol. The van der Waals surface area contributed by atoms with Gasteiger partial charge < -0.3 is 0 Å². The Labute approximate surface area is 128 Å². The van der Waals surface area contributed by atoms with Crippen molar-refractivity contribution in [1.82, 2.24) is 0 Å². The summed E-state index contributed by atoms with van der Waals surface area (Å²) in [5, 5.41) is 4.28. The van der Waals surface area contributed by atoms with E-state index in [1.807, 2.05) is 0 Å². The molecule has 3 aromatic carbocycles. The van der Waals surface area contributed by atoms with Crippen LogP contribution in [0.4, 0.5) is 0 Å². The van der Waals surface area contributed by atoms with E-state index in [0.29, 0.717) is 0 Å². The van der Waals surface area contributed by atoms with E-state index in [0.717, 1.165) is 0 Å². The second kappa shape index (κ2) is 6.24. The van der Waals surface area contributed by atoms with Crippen molar-refractivity contribution in [2.45, 2.75) is 13.8 Å². The smallest absolute Gasteiger partial charge is 0.0119 e. The van der Waals surface area contributed by atoms with Crippen molar-refractivity contribution in [2.75, 3.05) is 0 Å². The fourth-order valence-corrected chi connectivity index (χ4v) is 5.10. The highest BCUT2D eigenvalue weighted by Gasteiger charge is 2.18. The summed E-state index contributed by atoms with van der Waals surface area (Å²) >= 11 is 0. The Kier molecular flexibility index (Phi) is 4.18. The molecule has 0 atom stereocenters. The standard InChI is InChI=1S/C20H19P/c1-16-10-9-15-20(17(16)2)21(18-11-5-3-6-12-18)19-13-7-4-8-14-19/h3-15H,1-2H3. The van der Waals surface area contributed by atoms with Crippen LogP contribution < -0.4 is 15.9 Å². The van der Waals surface area contributed by atoms with Crippen molar-refractivity contribution >= 4 is 23.8 Å². The van der Waals surface area contributed by atoms with E-state index in [1.165, 1.54) is 27.0 Å². The quantitative estimate of drug-likeness (QED) is 0.638. The first-order valence-electron chi connectivity index (χ1n) is 7.24. The number of hydrogen-bond acceptors (Lipinski definition) is 0. The van der Waals surface area contributed by atoms with Crippen LogP contribution in [0.25, 0.3) is 0 Å². The molecule has 0 bridgehead atoms. The molecule has 0 unspecified atom stereocenters. The van der Waals surface area contributed by atoms with Crippen LogP contribution in [0.5, 0.6) is 0 Å². The molecule has 3 rings (SSSR count). The molecule has 0 N–H and O–H groups in total. The molecule has 0 saturated carbocycles. The van der Waals surface area contributed by atoms with Gasteiger partial charge in [-0.15, -0.1) is 0 Å². The summed E-state index contributed by atoms with van der Waals surface area (Å²) in [5.41, 5.74) is 2.78.